The lowest BCUT2D eigenvalue weighted by molar-refractivity contribution is 0.272. The maximum atomic E-state index is 10.7. The number of rotatable bonds is 2. The predicted octanol–water partition coefficient (Wildman–Crippen LogP) is 3.95. The Labute approximate surface area is 95.8 Å². The molecule has 1 aromatic rings. The molecular weight excluding hydrogens is 300 g/mol. The molecule has 1 rings (SSSR count). The molecule has 0 saturated heterocycles. The topological polar surface area (TPSA) is 29.1 Å². The smallest absolute Gasteiger partial charge is 0.284 e. The van der Waals surface area contributed by atoms with Crippen molar-refractivity contribution in [3.05, 3.63) is 29.8 Å². The number of hydrogen-bond acceptors (Lipinski definition) is 1. The van der Waals surface area contributed by atoms with Crippen LogP contribution in [0.4, 0.5) is 10.5 Å². The van der Waals surface area contributed by atoms with Crippen molar-refractivity contribution in [2.45, 2.75) is 12.3 Å². The Morgan fingerprint density at radius 1 is 1.46 bits per heavy atom. The highest BCUT2D eigenvalue weighted by Gasteiger charge is 2.01. The van der Waals surface area contributed by atoms with Gasteiger partial charge in [0.1, 0.15) is 0 Å². The molecule has 0 saturated carbocycles. The molecule has 0 fully saturated rings. The summed E-state index contributed by atoms with van der Waals surface area (Å²) in [5, 5.41) is 2.68. The first-order valence-electron chi connectivity index (χ1n) is 3.80. The number of benzene rings is 1. The van der Waals surface area contributed by atoms with E-state index in [9.17, 15) is 4.79 Å². The molecule has 0 spiro atoms. The van der Waals surface area contributed by atoms with Gasteiger partial charge in [0, 0.05) is 28.3 Å². The van der Waals surface area contributed by atoms with Crippen LogP contribution in [0.15, 0.2) is 24.3 Å². The van der Waals surface area contributed by atoms with Crippen molar-refractivity contribution >= 4 is 43.8 Å². The Morgan fingerprint density at radius 2 is 2.00 bits per heavy atom. The standard InChI is InChI=1S/C9H9ClINO/c1-6(10)7-2-4-8(5-3-7)12-9(11)13/h2-6H,1H3,(H,12,13). The number of carbonyl (C=O) groups is 1. The summed E-state index contributed by atoms with van der Waals surface area (Å²) >= 11 is 7.56. The number of halogens is 2. The summed E-state index contributed by atoms with van der Waals surface area (Å²) in [6, 6.07) is 7.48. The Bertz CT molecular complexity index is 297. The fourth-order valence-corrected chi connectivity index (χ4v) is 1.40. The number of carbonyl (C=O) groups excluding carboxylic acids is 1. The number of hydrogen-bond donors (Lipinski definition) is 1. The maximum Gasteiger partial charge on any atom is 0.284 e. The molecule has 1 aromatic carbocycles. The molecule has 1 amide bonds. The normalized spacial score (nSPS) is 12.2. The minimum absolute atomic E-state index is 0.00403. The van der Waals surface area contributed by atoms with Crippen molar-refractivity contribution < 1.29 is 4.79 Å². The van der Waals surface area contributed by atoms with Crippen LogP contribution >= 0.6 is 34.2 Å². The van der Waals surface area contributed by atoms with Crippen LogP contribution in [-0.2, 0) is 0 Å². The Balaban J connectivity index is 2.75. The summed E-state index contributed by atoms with van der Waals surface area (Å²) in [6.45, 7) is 1.91. The van der Waals surface area contributed by atoms with Gasteiger partial charge in [-0.05, 0) is 24.6 Å². The lowest BCUT2D eigenvalue weighted by Gasteiger charge is -2.04. The van der Waals surface area contributed by atoms with E-state index < -0.39 is 0 Å². The fraction of sp³-hybridized carbons (Fsp3) is 0.222. The van der Waals surface area contributed by atoms with E-state index in [1.165, 1.54) is 0 Å². The molecule has 0 aliphatic rings. The second-order valence-corrected chi connectivity index (χ2v) is 4.27. The average Bonchev–Trinajstić information content (AvgIpc) is 2.04. The molecule has 70 valence electrons. The van der Waals surface area contributed by atoms with Crippen molar-refractivity contribution in [3.8, 4) is 0 Å². The van der Waals surface area contributed by atoms with Crippen LogP contribution in [0.25, 0.3) is 0 Å². The lowest BCUT2D eigenvalue weighted by atomic mass is 10.1. The monoisotopic (exact) mass is 309 g/mol. The molecule has 0 radical (unpaired) electrons. The highest BCUT2D eigenvalue weighted by molar-refractivity contribution is 14.1. The van der Waals surface area contributed by atoms with Crippen LogP contribution in [0.2, 0.25) is 0 Å². The summed E-state index contributed by atoms with van der Waals surface area (Å²) in [5.74, 6) is 0. The molecule has 0 bridgehead atoms. The molecule has 4 heteroatoms. The molecule has 1 unspecified atom stereocenters. The molecule has 0 aliphatic heterocycles. The molecule has 1 N–H and O–H groups in total. The van der Waals surface area contributed by atoms with Gasteiger partial charge in [0.25, 0.3) is 3.91 Å². The predicted molar refractivity (Wildman–Crippen MR) is 63.7 cm³/mol. The summed E-state index contributed by atoms with van der Waals surface area (Å²) < 4.78 is -0.0933. The van der Waals surface area contributed by atoms with E-state index in [-0.39, 0.29) is 9.29 Å². The van der Waals surface area contributed by atoms with Crippen LogP contribution in [-0.4, -0.2) is 3.91 Å². The molecular formula is C9H9ClINO. The Kier molecular flexibility index (Phi) is 3.99. The summed E-state index contributed by atoms with van der Waals surface area (Å²) in [4.78, 5) is 10.7. The molecule has 13 heavy (non-hydrogen) atoms. The van der Waals surface area contributed by atoms with Gasteiger partial charge in [0.15, 0.2) is 0 Å². The summed E-state index contributed by atoms with van der Waals surface area (Å²) in [6.07, 6.45) is 0. The first-order valence-corrected chi connectivity index (χ1v) is 5.31. The van der Waals surface area contributed by atoms with E-state index >= 15 is 0 Å². The number of anilines is 1. The van der Waals surface area contributed by atoms with Crippen LogP contribution in [0, 0.1) is 0 Å². The second-order valence-electron chi connectivity index (χ2n) is 2.64. The van der Waals surface area contributed by atoms with E-state index in [1.807, 2.05) is 31.2 Å². The van der Waals surface area contributed by atoms with Crippen molar-refractivity contribution in [1.29, 1.82) is 0 Å². The zero-order valence-corrected chi connectivity index (χ0v) is 9.96. The second kappa shape index (κ2) is 4.81. The first-order chi connectivity index (χ1) is 6.09. The summed E-state index contributed by atoms with van der Waals surface area (Å²) in [5.41, 5.74) is 1.84. The highest BCUT2D eigenvalue weighted by Crippen LogP contribution is 2.21. The molecule has 0 heterocycles. The minimum Gasteiger partial charge on any atom is -0.317 e. The lowest BCUT2D eigenvalue weighted by Crippen LogP contribution is -1.99. The van der Waals surface area contributed by atoms with E-state index in [1.54, 1.807) is 22.6 Å². The molecule has 0 aromatic heterocycles. The van der Waals surface area contributed by atoms with Crippen LogP contribution in [0.5, 0.6) is 0 Å². The van der Waals surface area contributed by atoms with Crippen LogP contribution in [0.1, 0.15) is 17.9 Å². The van der Waals surface area contributed by atoms with Gasteiger partial charge >= 0.3 is 0 Å². The van der Waals surface area contributed by atoms with Gasteiger partial charge in [-0.2, -0.15) is 0 Å². The Morgan fingerprint density at radius 3 is 2.38 bits per heavy atom. The van der Waals surface area contributed by atoms with Crippen molar-refractivity contribution in [3.63, 3.8) is 0 Å². The average molecular weight is 310 g/mol. The SMILES string of the molecule is CC(Cl)c1ccc(NC(=O)I)cc1. The third-order valence-corrected chi connectivity index (χ3v) is 2.13. The molecule has 0 aliphatic carbocycles. The van der Waals surface area contributed by atoms with Crippen molar-refractivity contribution in [1.82, 2.24) is 0 Å². The molecule has 1 atom stereocenters. The highest BCUT2D eigenvalue weighted by atomic mass is 127. The minimum atomic E-state index is -0.0933. The summed E-state index contributed by atoms with van der Waals surface area (Å²) in [7, 11) is 0. The number of alkyl halides is 1. The first kappa shape index (κ1) is 10.8. The Hall–Kier alpha value is -0.290. The third kappa shape index (κ3) is 3.52. The van der Waals surface area contributed by atoms with Crippen LogP contribution in [0.3, 0.4) is 0 Å². The van der Waals surface area contributed by atoms with E-state index in [0.717, 1.165) is 11.3 Å². The largest absolute Gasteiger partial charge is 0.317 e. The van der Waals surface area contributed by atoms with E-state index in [4.69, 9.17) is 11.6 Å². The van der Waals surface area contributed by atoms with E-state index in [2.05, 4.69) is 5.32 Å². The van der Waals surface area contributed by atoms with Gasteiger partial charge in [0.05, 0.1) is 5.38 Å². The van der Waals surface area contributed by atoms with Gasteiger partial charge in [-0.15, -0.1) is 11.6 Å². The zero-order valence-electron chi connectivity index (χ0n) is 7.05. The number of amides is 1. The van der Waals surface area contributed by atoms with E-state index in [0.29, 0.717) is 0 Å². The quantitative estimate of drug-likeness (QED) is 0.381. The van der Waals surface area contributed by atoms with Crippen molar-refractivity contribution in [2.75, 3.05) is 5.32 Å². The molecule has 2 nitrogen and oxygen atoms in total. The number of nitrogens with one attached hydrogen (secondary N) is 1. The third-order valence-electron chi connectivity index (χ3n) is 1.61. The van der Waals surface area contributed by atoms with Gasteiger partial charge in [0.2, 0.25) is 0 Å². The maximum absolute atomic E-state index is 10.7. The van der Waals surface area contributed by atoms with Gasteiger partial charge in [-0.25, -0.2) is 0 Å². The van der Waals surface area contributed by atoms with Gasteiger partial charge in [-0.1, -0.05) is 12.1 Å². The van der Waals surface area contributed by atoms with Gasteiger partial charge < -0.3 is 5.32 Å². The fourth-order valence-electron chi connectivity index (χ4n) is 0.945. The zero-order chi connectivity index (χ0) is 9.84. The van der Waals surface area contributed by atoms with Gasteiger partial charge in [-0.3, -0.25) is 4.79 Å². The van der Waals surface area contributed by atoms with Crippen LogP contribution < -0.4 is 5.32 Å². The van der Waals surface area contributed by atoms with Crippen molar-refractivity contribution in [2.24, 2.45) is 0 Å².